The molecule has 1 N–H and O–H groups in total. The van der Waals surface area contributed by atoms with Crippen molar-refractivity contribution in [2.24, 2.45) is 0 Å². The summed E-state index contributed by atoms with van der Waals surface area (Å²) in [6.45, 7) is 1.66. The highest BCUT2D eigenvalue weighted by molar-refractivity contribution is 7.99. The average Bonchev–Trinajstić information content (AvgIpc) is 3.19. The fourth-order valence-electron chi connectivity index (χ4n) is 2.92. The summed E-state index contributed by atoms with van der Waals surface area (Å²) < 4.78 is 12.5. The fourth-order valence-corrected chi connectivity index (χ4v) is 3.72. The minimum atomic E-state index is -0.0540. The van der Waals surface area contributed by atoms with Gasteiger partial charge in [-0.2, -0.15) is 0 Å². The Morgan fingerprint density at radius 3 is 2.70 bits per heavy atom. The van der Waals surface area contributed by atoms with Crippen molar-refractivity contribution in [3.05, 3.63) is 54.4 Å². The third-order valence-corrected chi connectivity index (χ3v) is 5.38. The van der Waals surface area contributed by atoms with Crippen molar-refractivity contribution >= 4 is 17.7 Å². The van der Waals surface area contributed by atoms with Gasteiger partial charge in [0.1, 0.15) is 5.75 Å². The Labute approximate surface area is 180 Å². The highest BCUT2D eigenvalue weighted by atomic mass is 32.2. The van der Waals surface area contributed by atoms with Gasteiger partial charge in [-0.15, -0.1) is 10.2 Å². The van der Waals surface area contributed by atoms with Gasteiger partial charge >= 0.3 is 0 Å². The predicted octanol–water partition coefficient (Wildman–Crippen LogP) is 2.45. The molecule has 0 aliphatic rings. The first kappa shape index (κ1) is 21.8. The molecular weight excluding hydrogens is 402 g/mol. The molecular formula is C21H25N5O3S. The summed E-state index contributed by atoms with van der Waals surface area (Å²) in [5.41, 5.74) is 1.98. The molecule has 0 saturated heterocycles. The van der Waals surface area contributed by atoms with Crippen LogP contribution in [0.25, 0.3) is 11.4 Å². The molecule has 0 aliphatic heterocycles. The van der Waals surface area contributed by atoms with Crippen molar-refractivity contribution in [1.82, 2.24) is 25.1 Å². The summed E-state index contributed by atoms with van der Waals surface area (Å²) in [6, 6.07) is 11.6. The van der Waals surface area contributed by atoms with Crippen molar-refractivity contribution in [1.29, 1.82) is 0 Å². The Balaban J connectivity index is 1.57. The highest BCUT2D eigenvalue weighted by Crippen LogP contribution is 2.23. The molecule has 3 rings (SSSR count). The Kier molecular flexibility index (Phi) is 8.22. The van der Waals surface area contributed by atoms with Crippen LogP contribution in [0.15, 0.2) is 53.9 Å². The van der Waals surface area contributed by atoms with E-state index in [0.29, 0.717) is 31.3 Å². The number of hydrogen-bond acceptors (Lipinski definition) is 7. The number of carbonyl (C=O) groups is 1. The van der Waals surface area contributed by atoms with E-state index < -0.39 is 0 Å². The van der Waals surface area contributed by atoms with Crippen molar-refractivity contribution in [3.8, 4) is 17.1 Å². The third kappa shape index (κ3) is 5.80. The number of ether oxygens (including phenoxy) is 2. The lowest BCUT2D eigenvalue weighted by Gasteiger charge is -2.10. The molecule has 0 unspecified atom stereocenters. The van der Waals surface area contributed by atoms with Gasteiger partial charge in [-0.3, -0.25) is 14.3 Å². The molecule has 1 amide bonds. The maximum Gasteiger partial charge on any atom is 0.230 e. The summed E-state index contributed by atoms with van der Waals surface area (Å²) in [7, 11) is 3.30. The van der Waals surface area contributed by atoms with Crippen LogP contribution in [-0.4, -0.2) is 58.8 Å². The van der Waals surface area contributed by atoms with Crippen LogP contribution in [0.4, 0.5) is 0 Å². The zero-order valence-corrected chi connectivity index (χ0v) is 17.9. The number of aromatic nitrogens is 4. The average molecular weight is 428 g/mol. The van der Waals surface area contributed by atoms with Crippen molar-refractivity contribution in [2.45, 2.75) is 18.1 Å². The maximum absolute atomic E-state index is 12.3. The van der Waals surface area contributed by atoms with Crippen molar-refractivity contribution in [3.63, 3.8) is 0 Å². The van der Waals surface area contributed by atoms with Gasteiger partial charge in [0.25, 0.3) is 0 Å². The lowest BCUT2D eigenvalue weighted by atomic mass is 10.1. The SMILES string of the molecule is COCCn1c(SCC(=O)NCCc2ccccc2OC)nnc1-c1ccncc1. The summed E-state index contributed by atoms with van der Waals surface area (Å²) >= 11 is 1.36. The molecule has 0 radical (unpaired) electrons. The van der Waals surface area contributed by atoms with Gasteiger partial charge in [-0.05, 0) is 30.2 Å². The minimum Gasteiger partial charge on any atom is -0.496 e. The summed E-state index contributed by atoms with van der Waals surface area (Å²) in [5.74, 6) is 1.76. The number of benzene rings is 1. The summed E-state index contributed by atoms with van der Waals surface area (Å²) in [4.78, 5) is 16.4. The Bertz CT molecular complexity index is 949. The van der Waals surface area contributed by atoms with Gasteiger partial charge in [-0.25, -0.2) is 0 Å². The fraction of sp³-hybridized carbons (Fsp3) is 0.333. The van der Waals surface area contributed by atoms with Crippen LogP contribution in [0.2, 0.25) is 0 Å². The minimum absolute atomic E-state index is 0.0540. The zero-order valence-electron chi connectivity index (χ0n) is 17.1. The van der Waals surface area contributed by atoms with Crippen molar-refractivity contribution in [2.75, 3.05) is 33.1 Å². The van der Waals surface area contributed by atoms with E-state index in [1.54, 1.807) is 26.6 Å². The predicted molar refractivity (Wildman–Crippen MR) is 116 cm³/mol. The van der Waals surface area contributed by atoms with Crippen LogP contribution >= 0.6 is 11.8 Å². The van der Waals surface area contributed by atoms with Gasteiger partial charge in [-0.1, -0.05) is 30.0 Å². The van der Waals surface area contributed by atoms with E-state index >= 15 is 0 Å². The molecule has 2 aromatic heterocycles. The van der Waals surface area contributed by atoms with Gasteiger partial charge < -0.3 is 14.8 Å². The van der Waals surface area contributed by atoms with Crippen LogP contribution in [0.3, 0.4) is 0 Å². The van der Waals surface area contributed by atoms with Crippen molar-refractivity contribution < 1.29 is 14.3 Å². The molecule has 9 heteroatoms. The standard InChI is InChI=1S/C21H25N5O3S/c1-28-14-13-26-20(17-7-10-22-11-8-17)24-25-21(26)30-15-19(27)23-12-9-16-5-3-4-6-18(16)29-2/h3-8,10-11H,9,12-15H2,1-2H3,(H,23,27). The third-order valence-electron chi connectivity index (χ3n) is 4.42. The number of hydrogen-bond donors (Lipinski definition) is 1. The Hall–Kier alpha value is -2.91. The lowest BCUT2D eigenvalue weighted by Crippen LogP contribution is -2.27. The molecule has 0 saturated carbocycles. The van der Waals surface area contributed by atoms with Gasteiger partial charge in [0.05, 0.1) is 26.0 Å². The number of para-hydroxylation sites is 1. The molecule has 0 atom stereocenters. The second-order valence-corrected chi connectivity index (χ2v) is 7.33. The number of pyridine rings is 1. The van der Waals surface area contributed by atoms with Crippen LogP contribution in [0.1, 0.15) is 5.56 Å². The van der Waals surface area contributed by atoms with E-state index in [-0.39, 0.29) is 11.7 Å². The topological polar surface area (TPSA) is 91.2 Å². The maximum atomic E-state index is 12.3. The molecule has 0 fully saturated rings. The highest BCUT2D eigenvalue weighted by Gasteiger charge is 2.15. The van der Waals surface area contributed by atoms with Crippen LogP contribution in [0, 0.1) is 0 Å². The quantitative estimate of drug-likeness (QED) is 0.470. The molecule has 0 bridgehead atoms. The van der Waals surface area contributed by atoms with Crippen LogP contribution in [0.5, 0.6) is 5.75 Å². The van der Waals surface area contributed by atoms with E-state index in [2.05, 4.69) is 20.5 Å². The Morgan fingerprint density at radius 2 is 1.93 bits per heavy atom. The first-order chi connectivity index (χ1) is 14.7. The largest absolute Gasteiger partial charge is 0.496 e. The summed E-state index contributed by atoms with van der Waals surface area (Å²) in [5, 5.41) is 12.2. The number of carbonyl (C=O) groups excluding carboxylic acids is 1. The zero-order chi connectivity index (χ0) is 21.2. The van der Waals surface area contributed by atoms with E-state index in [0.717, 1.165) is 22.7 Å². The van der Waals surface area contributed by atoms with E-state index in [1.807, 2.05) is 41.0 Å². The smallest absolute Gasteiger partial charge is 0.230 e. The normalized spacial score (nSPS) is 10.7. The molecule has 1 aromatic carbocycles. The molecule has 158 valence electrons. The first-order valence-electron chi connectivity index (χ1n) is 9.57. The second kappa shape index (κ2) is 11.3. The number of amides is 1. The van der Waals surface area contributed by atoms with Crippen LogP contribution in [-0.2, 0) is 22.5 Å². The van der Waals surface area contributed by atoms with Gasteiger partial charge in [0.15, 0.2) is 11.0 Å². The van der Waals surface area contributed by atoms with E-state index in [9.17, 15) is 4.79 Å². The van der Waals surface area contributed by atoms with Gasteiger partial charge in [0.2, 0.25) is 5.91 Å². The molecule has 2 heterocycles. The Morgan fingerprint density at radius 1 is 1.13 bits per heavy atom. The molecule has 0 spiro atoms. The van der Waals surface area contributed by atoms with Gasteiger partial charge in [0, 0.05) is 31.6 Å². The monoisotopic (exact) mass is 427 g/mol. The number of nitrogens with one attached hydrogen (secondary N) is 1. The second-order valence-electron chi connectivity index (χ2n) is 6.39. The van der Waals surface area contributed by atoms with E-state index in [1.165, 1.54) is 11.8 Å². The number of rotatable bonds is 11. The van der Waals surface area contributed by atoms with E-state index in [4.69, 9.17) is 9.47 Å². The number of nitrogens with zero attached hydrogens (tertiary/aromatic N) is 4. The summed E-state index contributed by atoms with van der Waals surface area (Å²) in [6.07, 6.45) is 4.13. The number of methoxy groups -OCH3 is 2. The molecule has 0 aliphatic carbocycles. The lowest BCUT2D eigenvalue weighted by molar-refractivity contribution is -0.118. The molecule has 3 aromatic rings. The number of thioether (sulfide) groups is 1. The molecule has 30 heavy (non-hydrogen) atoms. The molecule has 8 nitrogen and oxygen atoms in total. The van der Waals surface area contributed by atoms with Crippen LogP contribution < -0.4 is 10.1 Å². The first-order valence-corrected chi connectivity index (χ1v) is 10.6.